The van der Waals surface area contributed by atoms with Crippen LogP contribution in [0.15, 0.2) is 36.5 Å². The molecule has 0 fully saturated rings. The molecular weight excluding hydrogens is 186 g/mol. The number of rotatable bonds is 2. The number of carbonyl (C=O) groups is 1. The van der Waals surface area contributed by atoms with Crippen molar-refractivity contribution >= 4 is 6.29 Å². The second-order valence-corrected chi connectivity index (χ2v) is 3.70. The van der Waals surface area contributed by atoms with Crippen LogP contribution in [0.3, 0.4) is 0 Å². The molecule has 76 valence electrons. The van der Waals surface area contributed by atoms with Gasteiger partial charge in [0.15, 0.2) is 6.29 Å². The smallest absolute Gasteiger partial charge is 0.166 e. The number of aldehydes is 1. The first-order valence-corrected chi connectivity index (χ1v) is 4.90. The number of nitrogens with zero attached hydrogens (tertiary/aromatic N) is 1. The van der Waals surface area contributed by atoms with Crippen LogP contribution in [-0.4, -0.2) is 10.9 Å². The van der Waals surface area contributed by atoms with Gasteiger partial charge >= 0.3 is 0 Å². The maximum absolute atomic E-state index is 10.7. The number of carbonyl (C=O) groups excluding carboxylic acids is 1. The fourth-order valence-corrected chi connectivity index (χ4v) is 1.74. The SMILES string of the molecule is Cc1ccccc1-c1cc(C=O)n(C)c1. The molecule has 1 heterocycles. The Kier molecular flexibility index (Phi) is 2.42. The van der Waals surface area contributed by atoms with E-state index in [9.17, 15) is 4.79 Å². The third-order valence-corrected chi connectivity index (χ3v) is 2.62. The maximum Gasteiger partial charge on any atom is 0.166 e. The van der Waals surface area contributed by atoms with E-state index >= 15 is 0 Å². The lowest BCUT2D eigenvalue weighted by Gasteiger charge is -2.01. The van der Waals surface area contributed by atoms with Crippen molar-refractivity contribution in [1.29, 1.82) is 0 Å². The molecule has 0 N–H and O–H groups in total. The monoisotopic (exact) mass is 199 g/mol. The molecule has 15 heavy (non-hydrogen) atoms. The topological polar surface area (TPSA) is 22.0 Å². The van der Waals surface area contributed by atoms with Gasteiger partial charge in [0.25, 0.3) is 0 Å². The Hall–Kier alpha value is -1.83. The van der Waals surface area contributed by atoms with Gasteiger partial charge in [0.2, 0.25) is 0 Å². The Bertz CT molecular complexity index is 497. The van der Waals surface area contributed by atoms with Gasteiger partial charge < -0.3 is 4.57 Å². The highest BCUT2D eigenvalue weighted by molar-refractivity contribution is 5.78. The predicted octanol–water partition coefficient (Wildman–Crippen LogP) is 2.81. The van der Waals surface area contributed by atoms with Crippen LogP contribution in [0, 0.1) is 6.92 Å². The predicted molar refractivity (Wildman–Crippen MR) is 61.0 cm³/mol. The highest BCUT2D eigenvalue weighted by atomic mass is 16.1. The van der Waals surface area contributed by atoms with Gasteiger partial charge in [-0.05, 0) is 24.1 Å². The minimum absolute atomic E-state index is 0.702. The molecule has 2 heteroatoms. The third kappa shape index (κ3) is 1.71. The van der Waals surface area contributed by atoms with Crippen LogP contribution in [0.5, 0.6) is 0 Å². The summed E-state index contributed by atoms with van der Waals surface area (Å²) < 4.78 is 1.84. The number of hydrogen-bond donors (Lipinski definition) is 0. The fourth-order valence-electron chi connectivity index (χ4n) is 1.74. The first-order valence-electron chi connectivity index (χ1n) is 4.90. The van der Waals surface area contributed by atoms with Gasteiger partial charge in [0, 0.05) is 18.8 Å². The van der Waals surface area contributed by atoms with Gasteiger partial charge in [-0.25, -0.2) is 0 Å². The van der Waals surface area contributed by atoms with Gasteiger partial charge in [0.05, 0.1) is 5.69 Å². The van der Waals surface area contributed by atoms with E-state index in [0.29, 0.717) is 5.69 Å². The molecule has 0 bridgehead atoms. The van der Waals surface area contributed by atoms with Crippen molar-refractivity contribution in [3.05, 3.63) is 47.8 Å². The summed E-state index contributed by atoms with van der Waals surface area (Å²) in [6.07, 6.45) is 2.86. The summed E-state index contributed by atoms with van der Waals surface area (Å²) in [5.41, 5.74) is 4.20. The van der Waals surface area contributed by atoms with E-state index < -0.39 is 0 Å². The van der Waals surface area contributed by atoms with Gasteiger partial charge in [-0.3, -0.25) is 4.79 Å². The maximum atomic E-state index is 10.7. The molecule has 2 nitrogen and oxygen atoms in total. The van der Waals surface area contributed by atoms with Crippen molar-refractivity contribution in [2.45, 2.75) is 6.92 Å². The molecular formula is C13H13NO. The van der Waals surface area contributed by atoms with Crippen molar-refractivity contribution in [3.8, 4) is 11.1 Å². The van der Waals surface area contributed by atoms with Gasteiger partial charge in [-0.15, -0.1) is 0 Å². The summed E-state index contributed by atoms with van der Waals surface area (Å²) in [6.45, 7) is 2.07. The van der Waals surface area contributed by atoms with Gasteiger partial charge in [-0.1, -0.05) is 24.3 Å². The molecule has 0 saturated heterocycles. The molecule has 2 rings (SSSR count). The Morgan fingerprint density at radius 2 is 2.00 bits per heavy atom. The van der Waals surface area contributed by atoms with E-state index in [1.165, 1.54) is 11.1 Å². The van der Waals surface area contributed by atoms with Crippen molar-refractivity contribution in [2.75, 3.05) is 0 Å². The van der Waals surface area contributed by atoms with Gasteiger partial charge in [-0.2, -0.15) is 0 Å². The standard InChI is InChI=1S/C13H13NO/c1-10-5-3-4-6-13(10)11-7-12(9-15)14(2)8-11/h3-9H,1-2H3. The zero-order valence-corrected chi connectivity index (χ0v) is 8.90. The van der Waals surface area contributed by atoms with E-state index in [2.05, 4.69) is 19.1 Å². The lowest BCUT2D eigenvalue weighted by atomic mass is 10.0. The number of aryl methyl sites for hydroxylation is 2. The van der Waals surface area contributed by atoms with Crippen LogP contribution in [0.4, 0.5) is 0 Å². The summed E-state index contributed by atoms with van der Waals surface area (Å²) in [5, 5.41) is 0. The van der Waals surface area contributed by atoms with Crippen LogP contribution in [-0.2, 0) is 7.05 Å². The van der Waals surface area contributed by atoms with Crippen molar-refractivity contribution in [2.24, 2.45) is 7.05 Å². The van der Waals surface area contributed by atoms with E-state index in [-0.39, 0.29) is 0 Å². The molecule has 0 aliphatic carbocycles. The molecule has 0 spiro atoms. The molecule has 0 unspecified atom stereocenters. The Morgan fingerprint density at radius 3 is 2.60 bits per heavy atom. The Balaban J connectivity index is 2.55. The summed E-state index contributed by atoms with van der Waals surface area (Å²) >= 11 is 0. The Labute approximate surface area is 89.2 Å². The Morgan fingerprint density at radius 1 is 1.27 bits per heavy atom. The molecule has 0 aliphatic heterocycles. The van der Waals surface area contributed by atoms with Crippen molar-refractivity contribution < 1.29 is 4.79 Å². The molecule has 0 atom stereocenters. The first kappa shape index (κ1) is 9.71. The normalized spacial score (nSPS) is 10.3. The molecule has 0 saturated carbocycles. The largest absolute Gasteiger partial charge is 0.348 e. The van der Waals surface area contributed by atoms with E-state index in [0.717, 1.165) is 11.8 Å². The average molecular weight is 199 g/mol. The lowest BCUT2D eigenvalue weighted by molar-refractivity contribution is 0.111. The molecule has 0 aliphatic rings. The van der Waals surface area contributed by atoms with Crippen LogP contribution >= 0.6 is 0 Å². The number of benzene rings is 1. The van der Waals surface area contributed by atoms with E-state index in [4.69, 9.17) is 0 Å². The highest BCUT2D eigenvalue weighted by Gasteiger charge is 2.05. The molecule has 0 radical (unpaired) electrons. The van der Waals surface area contributed by atoms with Crippen LogP contribution in [0.25, 0.3) is 11.1 Å². The van der Waals surface area contributed by atoms with Crippen molar-refractivity contribution in [3.63, 3.8) is 0 Å². The third-order valence-electron chi connectivity index (χ3n) is 2.62. The van der Waals surface area contributed by atoms with Crippen LogP contribution in [0.1, 0.15) is 16.1 Å². The minimum Gasteiger partial charge on any atom is -0.348 e. The van der Waals surface area contributed by atoms with Crippen LogP contribution in [0.2, 0.25) is 0 Å². The summed E-state index contributed by atoms with van der Waals surface area (Å²) in [4.78, 5) is 10.7. The zero-order valence-electron chi connectivity index (χ0n) is 8.90. The number of aromatic nitrogens is 1. The second kappa shape index (κ2) is 3.73. The minimum atomic E-state index is 0.702. The molecule has 1 aromatic carbocycles. The van der Waals surface area contributed by atoms with Crippen LogP contribution < -0.4 is 0 Å². The lowest BCUT2D eigenvalue weighted by Crippen LogP contribution is -1.90. The zero-order chi connectivity index (χ0) is 10.8. The van der Waals surface area contributed by atoms with E-state index in [1.807, 2.05) is 36.0 Å². The summed E-state index contributed by atoms with van der Waals surface area (Å²) in [7, 11) is 1.88. The molecule has 0 amide bonds. The summed E-state index contributed by atoms with van der Waals surface area (Å²) in [5.74, 6) is 0. The fraction of sp³-hybridized carbons (Fsp3) is 0.154. The average Bonchev–Trinajstić information content (AvgIpc) is 2.60. The highest BCUT2D eigenvalue weighted by Crippen LogP contribution is 2.24. The van der Waals surface area contributed by atoms with Gasteiger partial charge in [0.1, 0.15) is 0 Å². The quantitative estimate of drug-likeness (QED) is 0.682. The van der Waals surface area contributed by atoms with E-state index in [1.54, 1.807) is 0 Å². The first-order chi connectivity index (χ1) is 7.22. The number of hydrogen-bond acceptors (Lipinski definition) is 1. The summed E-state index contributed by atoms with van der Waals surface area (Å²) in [6, 6.07) is 10.1. The second-order valence-electron chi connectivity index (χ2n) is 3.70. The molecule has 1 aromatic heterocycles. The molecule has 2 aromatic rings. The van der Waals surface area contributed by atoms with Crippen molar-refractivity contribution in [1.82, 2.24) is 4.57 Å².